The average molecular weight is 533 g/mol. The first-order valence-electron chi connectivity index (χ1n) is 12.9. The van der Waals surface area contributed by atoms with Crippen LogP contribution >= 0.6 is 0 Å². The summed E-state index contributed by atoms with van der Waals surface area (Å²) in [5.74, 6) is 11.1. The van der Waals surface area contributed by atoms with Gasteiger partial charge in [0, 0.05) is 23.9 Å². The van der Waals surface area contributed by atoms with Crippen molar-refractivity contribution in [3.8, 4) is 40.7 Å². The second-order valence-electron chi connectivity index (χ2n) is 9.62. The maximum Gasteiger partial charge on any atom is 0.326 e. The molecule has 0 spiro atoms. The van der Waals surface area contributed by atoms with Gasteiger partial charge in [0.05, 0.1) is 18.8 Å². The smallest absolute Gasteiger partial charge is 0.326 e. The molecule has 2 aliphatic rings. The van der Waals surface area contributed by atoms with Crippen molar-refractivity contribution in [2.45, 2.75) is 32.9 Å². The Hall–Kier alpha value is -5.08. The molecule has 0 aliphatic carbocycles. The van der Waals surface area contributed by atoms with Gasteiger partial charge < -0.3 is 9.64 Å². The van der Waals surface area contributed by atoms with E-state index in [9.17, 15) is 14.4 Å². The molecule has 0 radical (unpaired) electrons. The number of carbonyl (C=O) groups is 3. The first-order chi connectivity index (χ1) is 19.4. The Kier molecular flexibility index (Phi) is 7.27. The Labute approximate surface area is 233 Å². The van der Waals surface area contributed by atoms with E-state index in [-0.39, 0.29) is 25.6 Å². The highest BCUT2D eigenvalue weighted by atomic mass is 16.5. The molecule has 40 heavy (non-hydrogen) atoms. The second-order valence-corrected chi connectivity index (χ2v) is 9.62. The molecule has 0 saturated carbocycles. The van der Waals surface area contributed by atoms with Gasteiger partial charge in [-0.05, 0) is 61.7 Å². The second kappa shape index (κ2) is 11.0. The number of aromatic nitrogens is 1. The zero-order valence-corrected chi connectivity index (χ0v) is 22.6. The summed E-state index contributed by atoms with van der Waals surface area (Å²) in [4.78, 5) is 47.7. The van der Waals surface area contributed by atoms with Crippen LogP contribution < -0.4 is 10.1 Å². The molecule has 200 valence electrons. The van der Waals surface area contributed by atoms with Crippen LogP contribution in [0, 0.1) is 30.6 Å². The number of amides is 4. The summed E-state index contributed by atoms with van der Waals surface area (Å²) in [6, 6.07) is 16.1. The zero-order chi connectivity index (χ0) is 28.3. The van der Waals surface area contributed by atoms with E-state index in [1.54, 1.807) is 37.1 Å². The zero-order valence-electron chi connectivity index (χ0n) is 22.6. The molecule has 0 bridgehead atoms. The SMILES string of the molecule is CC#CCOc1ccc2c(c1)C(=O)N(C[C@]1(c3ccc(-c4cc(C)ccn4)cc3)C(=O)NC(=O)N1CC#CC)C2. The molecule has 1 saturated heterocycles. The van der Waals surface area contributed by atoms with E-state index in [0.29, 0.717) is 23.4 Å². The Bertz CT molecular complexity index is 1620. The number of ether oxygens (including phenoxy) is 1. The van der Waals surface area contributed by atoms with Gasteiger partial charge in [0.15, 0.2) is 5.54 Å². The molecule has 5 rings (SSSR count). The number of nitrogens with one attached hydrogen (secondary N) is 1. The summed E-state index contributed by atoms with van der Waals surface area (Å²) in [7, 11) is 0. The van der Waals surface area contributed by atoms with E-state index in [2.05, 4.69) is 34.0 Å². The monoisotopic (exact) mass is 532 g/mol. The molecule has 2 aliphatic heterocycles. The van der Waals surface area contributed by atoms with Crippen molar-refractivity contribution in [3.63, 3.8) is 0 Å². The first kappa shape index (κ1) is 26.5. The molecular formula is C32H28N4O4. The molecule has 3 heterocycles. The summed E-state index contributed by atoms with van der Waals surface area (Å²) in [6.45, 7) is 5.91. The Morgan fingerprint density at radius 2 is 1.77 bits per heavy atom. The van der Waals surface area contributed by atoms with Gasteiger partial charge in [-0.15, -0.1) is 11.8 Å². The Morgan fingerprint density at radius 3 is 2.50 bits per heavy atom. The fourth-order valence-corrected chi connectivity index (χ4v) is 5.10. The quantitative estimate of drug-likeness (QED) is 0.368. The van der Waals surface area contributed by atoms with Crippen LogP contribution in [0.3, 0.4) is 0 Å². The third-order valence-corrected chi connectivity index (χ3v) is 7.16. The number of aryl methyl sites for hydroxylation is 1. The summed E-state index contributed by atoms with van der Waals surface area (Å²) in [5, 5.41) is 2.46. The molecule has 1 aromatic heterocycles. The number of benzene rings is 2. The minimum Gasteiger partial charge on any atom is -0.481 e. The number of fused-ring (bicyclic) bond motifs is 1. The highest BCUT2D eigenvalue weighted by molar-refractivity contribution is 6.08. The van der Waals surface area contributed by atoms with Crippen LogP contribution in [0.5, 0.6) is 5.75 Å². The number of rotatable bonds is 7. The number of nitrogens with zero attached hydrogens (tertiary/aromatic N) is 3. The standard InChI is InChI=1S/C32H28N4O4/c1-4-6-16-36-31(39)34-30(38)32(36,25-11-8-23(9-12-25)28-18-22(3)14-15-33-28)21-35-20-24-10-13-26(40-17-7-5-2)19-27(24)29(35)37/h8-15,18-19H,16-17,20-21H2,1-3H3,(H,34,38,39)/t32-/m0/s1. The van der Waals surface area contributed by atoms with Crippen LogP contribution in [0.1, 0.15) is 40.9 Å². The molecule has 4 amide bonds. The van der Waals surface area contributed by atoms with Gasteiger partial charge in [-0.25, -0.2) is 4.79 Å². The topological polar surface area (TPSA) is 91.8 Å². The summed E-state index contributed by atoms with van der Waals surface area (Å²) in [5.41, 5.74) is 3.19. The molecule has 0 unspecified atom stereocenters. The molecule has 1 N–H and O–H groups in total. The van der Waals surface area contributed by atoms with Gasteiger partial charge in [0.25, 0.3) is 11.8 Å². The maximum absolute atomic E-state index is 13.6. The first-order valence-corrected chi connectivity index (χ1v) is 12.9. The fraction of sp³-hybridized carbons (Fsp3) is 0.250. The average Bonchev–Trinajstić information content (AvgIpc) is 3.39. The number of pyridine rings is 1. The number of imide groups is 1. The number of hydrogen-bond donors (Lipinski definition) is 1. The van der Waals surface area contributed by atoms with Crippen LogP contribution in [0.25, 0.3) is 11.3 Å². The van der Waals surface area contributed by atoms with Crippen LogP contribution in [0.15, 0.2) is 60.8 Å². The molecule has 8 heteroatoms. The fourth-order valence-electron chi connectivity index (χ4n) is 5.10. The van der Waals surface area contributed by atoms with E-state index in [0.717, 1.165) is 22.4 Å². The van der Waals surface area contributed by atoms with Crippen molar-refractivity contribution in [2.24, 2.45) is 0 Å². The summed E-state index contributed by atoms with van der Waals surface area (Å²) in [6.07, 6.45) is 1.75. The third kappa shape index (κ3) is 4.76. The van der Waals surface area contributed by atoms with Crippen molar-refractivity contribution in [3.05, 3.63) is 83.0 Å². The van der Waals surface area contributed by atoms with Gasteiger partial charge in [-0.3, -0.25) is 24.8 Å². The van der Waals surface area contributed by atoms with Crippen molar-refractivity contribution in [1.29, 1.82) is 0 Å². The number of carbonyl (C=O) groups excluding carboxylic acids is 3. The van der Waals surface area contributed by atoms with Crippen LogP contribution in [0.4, 0.5) is 4.79 Å². The van der Waals surface area contributed by atoms with E-state index in [1.807, 2.05) is 49.4 Å². The van der Waals surface area contributed by atoms with Gasteiger partial charge in [-0.2, -0.15) is 0 Å². The van der Waals surface area contributed by atoms with E-state index in [4.69, 9.17) is 4.74 Å². The lowest BCUT2D eigenvalue weighted by Gasteiger charge is -2.37. The molecular weight excluding hydrogens is 504 g/mol. The van der Waals surface area contributed by atoms with Crippen LogP contribution in [-0.2, 0) is 16.9 Å². The molecule has 1 atom stereocenters. The number of urea groups is 1. The molecule has 2 aromatic carbocycles. The third-order valence-electron chi connectivity index (χ3n) is 7.16. The minimum absolute atomic E-state index is 0.0285. The normalized spacial score (nSPS) is 17.5. The van der Waals surface area contributed by atoms with Gasteiger partial charge in [-0.1, -0.05) is 42.2 Å². The van der Waals surface area contributed by atoms with Gasteiger partial charge in [0.1, 0.15) is 12.4 Å². The predicted molar refractivity (Wildman–Crippen MR) is 150 cm³/mol. The highest BCUT2D eigenvalue weighted by Crippen LogP contribution is 2.38. The van der Waals surface area contributed by atoms with Crippen LogP contribution in [-0.4, -0.2) is 52.3 Å². The summed E-state index contributed by atoms with van der Waals surface area (Å²) >= 11 is 0. The van der Waals surface area contributed by atoms with Gasteiger partial charge in [0.2, 0.25) is 0 Å². The minimum atomic E-state index is -1.47. The van der Waals surface area contributed by atoms with Crippen LogP contribution in [0.2, 0.25) is 0 Å². The van der Waals surface area contributed by atoms with Gasteiger partial charge >= 0.3 is 6.03 Å². The lowest BCUT2D eigenvalue weighted by atomic mass is 9.86. The molecule has 8 nitrogen and oxygen atoms in total. The van der Waals surface area contributed by atoms with E-state index < -0.39 is 17.5 Å². The lowest BCUT2D eigenvalue weighted by Crippen LogP contribution is -2.54. The van der Waals surface area contributed by atoms with Crippen molar-refractivity contribution < 1.29 is 19.1 Å². The predicted octanol–water partition coefficient (Wildman–Crippen LogP) is 3.89. The van der Waals surface area contributed by atoms with E-state index >= 15 is 0 Å². The van der Waals surface area contributed by atoms with Crippen molar-refractivity contribution in [2.75, 3.05) is 19.7 Å². The van der Waals surface area contributed by atoms with Crippen molar-refractivity contribution in [1.82, 2.24) is 20.1 Å². The molecule has 3 aromatic rings. The maximum atomic E-state index is 13.6. The largest absolute Gasteiger partial charge is 0.481 e. The number of hydrogen-bond acceptors (Lipinski definition) is 5. The molecule has 1 fully saturated rings. The Balaban J connectivity index is 1.51. The van der Waals surface area contributed by atoms with E-state index in [1.165, 1.54) is 4.90 Å². The van der Waals surface area contributed by atoms with Crippen molar-refractivity contribution >= 4 is 17.8 Å². The Morgan fingerprint density at radius 1 is 1.00 bits per heavy atom. The highest BCUT2D eigenvalue weighted by Gasteiger charge is 2.56. The lowest BCUT2D eigenvalue weighted by molar-refractivity contribution is -0.127. The summed E-state index contributed by atoms with van der Waals surface area (Å²) < 4.78 is 5.64.